The first-order chi connectivity index (χ1) is 10.0. The minimum atomic E-state index is -3.19. The van der Waals surface area contributed by atoms with Gasteiger partial charge in [0, 0.05) is 5.69 Å². The molecule has 2 rings (SSSR count). The Morgan fingerprint density at radius 1 is 1.24 bits per heavy atom. The van der Waals surface area contributed by atoms with Crippen LogP contribution in [0.4, 0.5) is 5.69 Å². The van der Waals surface area contributed by atoms with Gasteiger partial charge in [-0.05, 0) is 43.7 Å². The number of benzene rings is 1. The number of hydrogen-bond donors (Lipinski definition) is 2. The predicted octanol–water partition coefficient (Wildman–Crippen LogP) is 1.95. The van der Waals surface area contributed by atoms with Gasteiger partial charge in [0.05, 0.1) is 16.7 Å². The Hall–Kier alpha value is -1.40. The molecule has 1 aromatic carbocycles. The second-order valence-corrected chi connectivity index (χ2v) is 7.55. The Bertz CT molecular complexity index is 573. The Morgan fingerprint density at radius 3 is 2.62 bits per heavy atom. The lowest BCUT2D eigenvalue weighted by Crippen LogP contribution is -2.39. The number of anilines is 1. The molecule has 0 bridgehead atoms. The molecule has 1 amide bonds. The van der Waals surface area contributed by atoms with Crippen molar-refractivity contribution >= 4 is 21.4 Å². The first-order valence-corrected chi connectivity index (χ1v) is 9.05. The monoisotopic (exact) mass is 310 g/mol. The first kappa shape index (κ1) is 16.0. The van der Waals surface area contributed by atoms with E-state index in [1.807, 2.05) is 0 Å². The van der Waals surface area contributed by atoms with E-state index in [9.17, 15) is 13.2 Å². The summed E-state index contributed by atoms with van der Waals surface area (Å²) in [7, 11) is -3.19. The van der Waals surface area contributed by atoms with Crippen molar-refractivity contribution in [2.75, 3.05) is 17.6 Å². The van der Waals surface area contributed by atoms with Crippen LogP contribution in [0.2, 0.25) is 0 Å². The van der Waals surface area contributed by atoms with E-state index in [2.05, 4.69) is 10.6 Å². The third-order valence-corrected chi connectivity index (χ3v) is 5.49. The lowest BCUT2D eigenvalue weighted by Gasteiger charge is -2.15. The minimum Gasteiger partial charge on any atom is -0.325 e. The summed E-state index contributed by atoms with van der Waals surface area (Å²) >= 11 is 0. The van der Waals surface area contributed by atoms with Gasteiger partial charge in [0.25, 0.3) is 0 Å². The van der Waals surface area contributed by atoms with E-state index in [0.29, 0.717) is 5.69 Å². The van der Waals surface area contributed by atoms with Crippen molar-refractivity contribution in [2.24, 2.45) is 0 Å². The van der Waals surface area contributed by atoms with Crippen molar-refractivity contribution in [1.29, 1.82) is 0 Å². The van der Waals surface area contributed by atoms with Crippen molar-refractivity contribution in [3.63, 3.8) is 0 Å². The molecule has 116 valence electrons. The van der Waals surface area contributed by atoms with Crippen molar-refractivity contribution in [3.05, 3.63) is 24.3 Å². The number of sulfone groups is 1. The first-order valence-electron chi connectivity index (χ1n) is 7.40. The van der Waals surface area contributed by atoms with Gasteiger partial charge in [-0.25, -0.2) is 8.42 Å². The highest BCUT2D eigenvalue weighted by molar-refractivity contribution is 7.91. The van der Waals surface area contributed by atoms with Gasteiger partial charge in [0.1, 0.15) is 0 Å². The zero-order valence-corrected chi connectivity index (χ0v) is 13.1. The van der Waals surface area contributed by atoms with Crippen molar-refractivity contribution in [2.45, 2.75) is 43.5 Å². The summed E-state index contributed by atoms with van der Waals surface area (Å²) in [5.41, 5.74) is 0.626. The number of amides is 1. The zero-order chi connectivity index (χ0) is 15.3. The molecule has 1 aliphatic rings. The Kier molecular flexibility index (Phi) is 5.36. The van der Waals surface area contributed by atoms with E-state index in [0.717, 1.165) is 32.2 Å². The topological polar surface area (TPSA) is 75.3 Å². The van der Waals surface area contributed by atoms with Crippen molar-refractivity contribution in [3.8, 4) is 0 Å². The molecule has 0 spiro atoms. The maximum atomic E-state index is 12.2. The van der Waals surface area contributed by atoms with Crippen LogP contribution in [0.5, 0.6) is 0 Å². The number of carbonyl (C=O) groups is 1. The molecule has 1 aromatic rings. The van der Waals surface area contributed by atoms with Gasteiger partial charge in [-0.3, -0.25) is 4.79 Å². The predicted molar refractivity (Wildman–Crippen MR) is 83.1 cm³/mol. The molecule has 6 heteroatoms. The highest BCUT2D eigenvalue weighted by atomic mass is 32.2. The summed E-state index contributed by atoms with van der Waals surface area (Å²) in [6.45, 7) is 2.48. The molecule has 0 saturated carbocycles. The van der Waals surface area contributed by atoms with Crippen LogP contribution in [0, 0.1) is 0 Å². The molecule has 1 aliphatic heterocycles. The summed E-state index contributed by atoms with van der Waals surface area (Å²) in [5, 5.41) is 6.08. The molecule has 1 saturated heterocycles. The van der Waals surface area contributed by atoms with Crippen LogP contribution in [0.1, 0.15) is 32.6 Å². The molecule has 1 atom stereocenters. The van der Waals surface area contributed by atoms with Gasteiger partial charge in [0.2, 0.25) is 5.91 Å². The number of hydrogen-bond acceptors (Lipinski definition) is 4. The van der Waals surface area contributed by atoms with E-state index in [1.54, 1.807) is 19.1 Å². The fourth-order valence-electron chi connectivity index (χ4n) is 2.39. The fourth-order valence-corrected chi connectivity index (χ4v) is 3.28. The van der Waals surface area contributed by atoms with Gasteiger partial charge in [0.15, 0.2) is 9.84 Å². The van der Waals surface area contributed by atoms with Gasteiger partial charge < -0.3 is 10.6 Å². The zero-order valence-electron chi connectivity index (χ0n) is 12.3. The Balaban J connectivity index is 2.01. The summed E-state index contributed by atoms with van der Waals surface area (Å²) < 4.78 is 23.4. The third-order valence-electron chi connectivity index (χ3n) is 3.74. The van der Waals surface area contributed by atoms with E-state index in [1.165, 1.54) is 12.1 Å². The molecular weight excluding hydrogens is 288 g/mol. The standard InChI is InChI=1S/C15H22N2O3S/c1-2-21(19,20)13-9-7-12(8-10-13)17-15(18)14-6-4-3-5-11-16-14/h7-10,14,16H,2-6,11H2,1H3,(H,17,18). The Morgan fingerprint density at radius 2 is 1.95 bits per heavy atom. The van der Waals surface area contributed by atoms with Gasteiger partial charge in [-0.15, -0.1) is 0 Å². The summed E-state index contributed by atoms with van der Waals surface area (Å²) in [5.74, 6) is 0.0213. The normalized spacial score (nSPS) is 19.8. The van der Waals surface area contributed by atoms with Gasteiger partial charge in [-0.2, -0.15) is 0 Å². The quantitative estimate of drug-likeness (QED) is 0.891. The second-order valence-electron chi connectivity index (χ2n) is 5.27. The van der Waals surface area contributed by atoms with E-state index in [-0.39, 0.29) is 22.6 Å². The fraction of sp³-hybridized carbons (Fsp3) is 0.533. The van der Waals surface area contributed by atoms with Gasteiger partial charge >= 0.3 is 0 Å². The number of rotatable bonds is 4. The molecule has 1 fully saturated rings. The van der Waals surface area contributed by atoms with E-state index >= 15 is 0 Å². The van der Waals surface area contributed by atoms with Crippen LogP contribution >= 0.6 is 0 Å². The maximum Gasteiger partial charge on any atom is 0.241 e. The molecular formula is C15H22N2O3S. The van der Waals surface area contributed by atoms with Crippen LogP contribution in [-0.4, -0.2) is 32.7 Å². The maximum absolute atomic E-state index is 12.2. The minimum absolute atomic E-state index is 0.0528. The molecule has 1 unspecified atom stereocenters. The molecule has 21 heavy (non-hydrogen) atoms. The number of nitrogens with one attached hydrogen (secondary N) is 2. The van der Waals surface area contributed by atoms with Crippen LogP contribution in [-0.2, 0) is 14.6 Å². The van der Waals surface area contributed by atoms with Crippen molar-refractivity contribution < 1.29 is 13.2 Å². The van der Waals surface area contributed by atoms with Crippen LogP contribution in [0.15, 0.2) is 29.2 Å². The third kappa shape index (κ3) is 4.28. The summed E-state index contributed by atoms with van der Waals surface area (Å²) in [6.07, 6.45) is 4.15. The molecule has 0 radical (unpaired) electrons. The average molecular weight is 310 g/mol. The van der Waals surface area contributed by atoms with Gasteiger partial charge in [-0.1, -0.05) is 19.8 Å². The molecule has 1 heterocycles. The highest BCUT2D eigenvalue weighted by Gasteiger charge is 2.19. The largest absolute Gasteiger partial charge is 0.325 e. The second kappa shape index (κ2) is 7.04. The lowest BCUT2D eigenvalue weighted by atomic mass is 10.1. The summed E-state index contributed by atoms with van der Waals surface area (Å²) in [6, 6.07) is 6.18. The molecule has 5 nitrogen and oxygen atoms in total. The molecule has 0 aromatic heterocycles. The lowest BCUT2D eigenvalue weighted by molar-refractivity contribution is -0.118. The van der Waals surface area contributed by atoms with Crippen LogP contribution in [0.3, 0.4) is 0 Å². The molecule has 2 N–H and O–H groups in total. The van der Waals surface area contributed by atoms with E-state index in [4.69, 9.17) is 0 Å². The Labute approximate surface area is 126 Å². The summed E-state index contributed by atoms with van der Waals surface area (Å²) in [4.78, 5) is 12.5. The van der Waals surface area contributed by atoms with E-state index < -0.39 is 9.84 Å². The molecule has 0 aliphatic carbocycles. The van der Waals surface area contributed by atoms with Crippen molar-refractivity contribution in [1.82, 2.24) is 5.32 Å². The van der Waals surface area contributed by atoms with Crippen LogP contribution < -0.4 is 10.6 Å². The number of carbonyl (C=O) groups excluding carboxylic acids is 1. The average Bonchev–Trinajstić information content (AvgIpc) is 2.77. The smallest absolute Gasteiger partial charge is 0.241 e. The van der Waals surface area contributed by atoms with Crippen LogP contribution in [0.25, 0.3) is 0 Å². The SMILES string of the molecule is CCS(=O)(=O)c1ccc(NC(=O)C2CCCCCN2)cc1. The highest BCUT2D eigenvalue weighted by Crippen LogP contribution is 2.16.